The fraction of sp³-hybridized carbons (Fsp3) is 0.536. The van der Waals surface area contributed by atoms with Gasteiger partial charge in [0.25, 0.3) is 0 Å². The van der Waals surface area contributed by atoms with E-state index in [0.29, 0.717) is 24.4 Å². The van der Waals surface area contributed by atoms with Gasteiger partial charge in [0.15, 0.2) is 5.78 Å². The first-order valence-electron chi connectivity index (χ1n) is 12.2. The van der Waals surface area contributed by atoms with Gasteiger partial charge in [-0.15, -0.1) is 0 Å². The standard InChI is InChI=1S/C28H33NO4/c1-17(30)22-11-12-23-21-10-9-18-15-20(31)13-14-27(18,2)25(21)24(16-28(22,23)3)33-26(32)29-19-7-5-4-6-8-19/h4-10,15,21-25H,11-14,16H2,1-3H3,(H,29,32)/t21-,22+,23-,24-,25-,27+,28+/m0/s1. The van der Waals surface area contributed by atoms with Crippen LogP contribution in [-0.2, 0) is 14.3 Å². The van der Waals surface area contributed by atoms with Gasteiger partial charge in [-0.25, -0.2) is 4.79 Å². The highest BCUT2D eigenvalue weighted by molar-refractivity contribution is 5.92. The maximum absolute atomic E-state index is 13.0. The van der Waals surface area contributed by atoms with Crippen LogP contribution >= 0.6 is 0 Å². The molecule has 5 rings (SSSR count). The molecule has 5 nitrogen and oxygen atoms in total. The minimum Gasteiger partial charge on any atom is -0.446 e. The number of rotatable bonds is 3. The second-order valence-electron chi connectivity index (χ2n) is 10.9. The monoisotopic (exact) mass is 447 g/mol. The highest BCUT2D eigenvalue weighted by Gasteiger charge is 2.62. The molecule has 174 valence electrons. The number of allylic oxidation sites excluding steroid dienone is 4. The minimum atomic E-state index is -0.458. The summed E-state index contributed by atoms with van der Waals surface area (Å²) in [6, 6.07) is 9.32. The predicted octanol–water partition coefficient (Wildman–Crippen LogP) is 5.73. The van der Waals surface area contributed by atoms with Gasteiger partial charge in [0.1, 0.15) is 11.9 Å². The highest BCUT2D eigenvalue weighted by atomic mass is 16.6. The van der Waals surface area contributed by atoms with Gasteiger partial charge in [-0.2, -0.15) is 0 Å². The Balaban J connectivity index is 1.52. The van der Waals surface area contributed by atoms with E-state index in [9.17, 15) is 14.4 Å². The van der Waals surface area contributed by atoms with Gasteiger partial charge in [-0.3, -0.25) is 14.9 Å². The molecule has 1 N–H and O–H groups in total. The molecule has 5 heteroatoms. The molecule has 1 aromatic rings. The Kier molecular flexibility index (Phi) is 5.34. The molecule has 7 atom stereocenters. The van der Waals surface area contributed by atoms with E-state index in [1.165, 1.54) is 0 Å². The normalized spacial score (nSPS) is 39.1. The summed E-state index contributed by atoms with van der Waals surface area (Å²) in [6.07, 6.45) is 9.26. The Morgan fingerprint density at radius 3 is 2.61 bits per heavy atom. The lowest BCUT2D eigenvalue weighted by atomic mass is 9.47. The molecule has 4 aliphatic carbocycles. The van der Waals surface area contributed by atoms with Gasteiger partial charge >= 0.3 is 6.09 Å². The molecule has 1 aromatic carbocycles. The van der Waals surface area contributed by atoms with Crippen molar-refractivity contribution in [2.45, 2.75) is 59.0 Å². The van der Waals surface area contributed by atoms with Crippen molar-refractivity contribution in [1.29, 1.82) is 0 Å². The molecule has 0 heterocycles. The zero-order chi connectivity index (χ0) is 23.4. The SMILES string of the molecule is CC(=O)[C@H]1CC[C@H]2[C@@H]3C=CC4=CC(=O)CC[C@@]4(C)[C@@H]3[C@@H](OC(=O)Nc3ccccc3)C[C@]12C. The van der Waals surface area contributed by atoms with Gasteiger partial charge in [0.05, 0.1) is 0 Å². The Hall–Kier alpha value is -2.69. The number of carbonyl (C=O) groups is 3. The highest BCUT2D eigenvalue weighted by Crippen LogP contribution is 2.65. The minimum absolute atomic E-state index is 0.00202. The Labute approximate surface area is 195 Å². The summed E-state index contributed by atoms with van der Waals surface area (Å²) in [6.45, 7) is 6.16. The number of Topliss-reactive ketones (excluding diaryl/α,β-unsaturated/α-hetero) is 1. The Morgan fingerprint density at radius 2 is 1.88 bits per heavy atom. The molecule has 0 aromatic heterocycles. The summed E-state index contributed by atoms with van der Waals surface area (Å²) in [5, 5.41) is 2.87. The molecular weight excluding hydrogens is 414 g/mol. The number of hydrogen-bond acceptors (Lipinski definition) is 4. The van der Waals surface area contributed by atoms with Crippen molar-refractivity contribution in [3.05, 3.63) is 54.1 Å². The van der Waals surface area contributed by atoms with Crippen molar-refractivity contribution >= 4 is 23.3 Å². The molecule has 0 saturated heterocycles. The molecular formula is C28H33NO4. The van der Waals surface area contributed by atoms with Crippen molar-refractivity contribution < 1.29 is 19.1 Å². The number of benzene rings is 1. The summed E-state index contributed by atoms with van der Waals surface area (Å²) in [4.78, 5) is 37.8. The van der Waals surface area contributed by atoms with Crippen molar-refractivity contribution in [3.63, 3.8) is 0 Å². The second-order valence-corrected chi connectivity index (χ2v) is 10.9. The van der Waals surface area contributed by atoms with Crippen LogP contribution in [0.25, 0.3) is 0 Å². The summed E-state index contributed by atoms with van der Waals surface area (Å²) >= 11 is 0. The third kappa shape index (κ3) is 3.56. The molecule has 0 aliphatic heterocycles. The predicted molar refractivity (Wildman–Crippen MR) is 127 cm³/mol. The molecule has 2 fully saturated rings. The molecule has 4 aliphatic rings. The maximum atomic E-state index is 13.0. The summed E-state index contributed by atoms with van der Waals surface area (Å²) in [7, 11) is 0. The fourth-order valence-corrected chi connectivity index (χ4v) is 7.68. The number of ketones is 2. The first kappa shape index (κ1) is 22.1. The number of para-hydroxylation sites is 1. The van der Waals surface area contributed by atoms with Crippen molar-refractivity contribution in [3.8, 4) is 0 Å². The lowest BCUT2D eigenvalue weighted by Gasteiger charge is -2.58. The van der Waals surface area contributed by atoms with Gasteiger partial charge in [0.2, 0.25) is 0 Å². The lowest BCUT2D eigenvalue weighted by molar-refractivity contribution is -0.134. The van der Waals surface area contributed by atoms with E-state index in [1.807, 2.05) is 30.3 Å². The van der Waals surface area contributed by atoms with Gasteiger partial charge in [-0.05, 0) is 79.1 Å². The molecule has 1 amide bonds. The van der Waals surface area contributed by atoms with Crippen LogP contribution in [-0.4, -0.2) is 23.8 Å². The van der Waals surface area contributed by atoms with Crippen LogP contribution in [0.4, 0.5) is 10.5 Å². The molecule has 0 radical (unpaired) electrons. The topological polar surface area (TPSA) is 72.5 Å². The van der Waals surface area contributed by atoms with Crippen molar-refractivity contribution in [2.75, 3.05) is 5.32 Å². The number of hydrogen-bond donors (Lipinski definition) is 1. The van der Waals surface area contributed by atoms with Gasteiger partial charge < -0.3 is 4.74 Å². The van der Waals surface area contributed by atoms with E-state index in [-0.39, 0.29) is 46.3 Å². The number of carbonyl (C=O) groups excluding carboxylic acids is 3. The lowest BCUT2D eigenvalue weighted by Crippen LogP contribution is -2.57. The molecule has 0 spiro atoms. The Bertz CT molecular complexity index is 1040. The first-order valence-corrected chi connectivity index (χ1v) is 12.2. The Morgan fingerprint density at radius 1 is 1.12 bits per heavy atom. The van der Waals surface area contributed by atoms with Crippen LogP contribution in [0, 0.1) is 34.5 Å². The third-order valence-corrected chi connectivity index (χ3v) is 9.20. The maximum Gasteiger partial charge on any atom is 0.411 e. The second kappa shape index (κ2) is 7.96. The van der Waals surface area contributed by atoms with Gasteiger partial charge in [0, 0.05) is 23.9 Å². The largest absolute Gasteiger partial charge is 0.446 e. The van der Waals surface area contributed by atoms with Crippen molar-refractivity contribution in [1.82, 2.24) is 0 Å². The van der Waals surface area contributed by atoms with E-state index < -0.39 is 6.09 Å². The number of anilines is 1. The number of nitrogens with one attached hydrogen (secondary N) is 1. The first-order chi connectivity index (χ1) is 15.7. The quantitative estimate of drug-likeness (QED) is 0.643. The molecule has 2 saturated carbocycles. The zero-order valence-corrected chi connectivity index (χ0v) is 19.7. The van der Waals surface area contributed by atoms with E-state index in [1.54, 1.807) is 13.0 Å². The summed E-state index contributed by atoms with van der Waals surface area (Å²) in [5.74, 6) is 1.09. The van der Waals surface area contributed by atoms with E-state index in [0.717, 1.165) is 24.8 Å². The zero-order valence-electron chi connectivity index (χ0n) is 19.7. The smallest absolute Gasteiger partial charge is 0.411 e. The number of amides is 1. The van der Waals surface area contributed by atoms with Crippen LogP contribution < -0.4 is 5.32 Å². The van der Waals surface area contributed by atoms with Crippen LogP contribution in [0.5, 0.6) is 0 Å². The average Bonchev–Trinajstić information content (AvgIpc) is 3.11. The summed E-state index contributed by atoms with van der Waals surface area (Å²) < 4.78 is 6.20. The van der Waals surface area contributed by atoms with Crippen LogP contribution in [0.3, 0.4) is 0 Å². The van der Waals surface area contributed by atoms with E-state index in [2.05, 4.69) is 31.3 Å². The van der Waals surface area contributed by atoms with Crippen LogP contribution in [0.15, 0.2) is 54.1 Å². The van der Waals surface area contributed by atoms with E-state index in [4.69, 9.17) is 4.74 Å². The number of ether oxygens (including phenoxy) is 1. The molecule has 33 heavy (non-hydrogen) atoms. The van der Waals surface area contributed by atoms with E-state index >= 15 is 0 Å². The van der Waals surface area contributed by atoms with Crippen LogP contribution in [0.2, 0.25) is 0 Å². The van der Waals surface area contributed by atoms with Crippen LogP contribution in [0.1, 0.15) is 52.9 Å². The molecule has 0 unspecified atom stereocenters. The number of fused-ring (bicyclic) bond motifs is 5. The fourth-order valence-electron chi connectivity index (χ4n) is 7.68. The summed E-state index contributed by atoms with van der Waals surface area (Å²) in [5.41, 5.74) is 1.33. The average molecular weight is 448 g/mol. The van der Waals surface area contributed by atoms with Gasteiger partial charge in [-0.1, -0.05) is 44.2 Å². The third-order valence-electron chi connectivity index (χ3n) is 9.20. The van der Waals surface area contributed by atoms with Crippen molar-refractivity contribution in [2.24, 2.45) is 34.5 Å². The molecule has 0 bridgehead atoms.